The minimum Gasteiger partial charge on any atom is -0.339 e. The number of hydrogen-bond donors (Lipinski definition) is 0. The number of nitrogens with zero attached hydrogens (tertiary/aromatic N) is 3. The van der Waals surface area contributed by atoms with Crippen LogP contribution in [-0.4, -0.2) is 15.1 Å². The largest absolute Gasteiger partial charge is 0.339 e. The van der Waals surface area contributed by atoms with E-state index >= 15 is 0 Å². The molecule has 1 aromatic carbocycles. The standard InChI is InChI=1S/C17H12ClN3O/c18-15-10-3-2-9-14(15)17-20-16(22-21-17)11-4-1-7-13-8-5-6-12-19-13/h2-3,5-6,8-10,12H,4,11H2. The molecule has 22 heavy (non-hydrogen) atoms. The number of hydrogen-bond acceptors (Lipinski definition) is 4. The van der Waals surface area contributed by atoms with E-state index in [1.165, 1.54) is 0 Å². The van der Waals surface area contributed by atoms with E-state index in [1.54, 1.807) is 12.3 Å². The number of aromatic nitrogens is 3. The third kappa shape index (κ3) is 3.51. The second-order valence-electron chi connectivity index (χ2n) is 4.51. The van der Waals surface area contributed by atoms with Crippen molar-refractivity contribution in [2.45, 2.75) is 12.8 Å². The van der Waals surface area contributed by atoms with Gasteiger partial charge < -0.3 is 4.52 Å². The lowest BCUT2D eigenvalue weighted by molar-refractivity contribution is 0.380. The molecule has 0 N–H and O–H groups in total. The van der Waals surface area contributed by atoms with Gasteiger partial charge in [0.15, 0.2) is 0 Å². The summed E-state index contributed by atoms with van der Waals surface area (Å²) in [6.07, 6.45) is 2.94. The van der Waals surface area contributed by atoms with Crippen LogP contribution in [0.3, 0.4) is 0 Å². The highest BCUT2D eigenvalue weighted by molar-refractivity contribution is 6.33. The molecule has 0 unspecified atom stereocenters. The summed E-state index contributed by atoms with van der Waals surface area (Å²) >= 11 is 6.11. The molecule has 0 radical (unpaired) electrons. The summed E-state index contributed by atoms with van der Waals surface area (Å²) < 4.78 is 5.22. The van der Waals surface area contributed by atoms with Gasteiger partial charge in [0.25, 0.3) is 0 Å². The van der Waals surface area contributed by atoms with Crippen molar-refractivity contribution in [2.75, 3.05) is 0 Å². The van der Waals surface area contributed by atoms with E-state index in [9.17, 15) is 0 Å². The van der Waals surface area contributed by atoms with Gasteiger partial charge in [0.2, 0.25) is 11.7 Å². The summed E-state index contributed by atoms with van der Waals surface area (Å²) in [5, 5.41) is 4.55. The molecule has 0 amide bonds. The van der Waals surface area contributed by atoms with Crippen LogP contribution in [0.15, 0.2) is 53.2 Å². The van der Waals surface area contributed by atoms with Gasteiger partial charge in [-0.2, -0.15) is 4.98 Å². The first-order valence-corrected chi connectivity index (χ1v) is 7.18. The van der Waals surface area contributed by atoms with Crippen LogP contribution in [0.1, 0.15) is 18.0 Å². The molecule has 0 atom stereocenters. The van der Waals surface area contributed by atoms with Crippen LogP contribution in [0.25, 0.3) is 11.4 Å². The van der Waals surface area contributed by atoms with Gasteiger partial charge in [-0.15, -0.1) is 0 Å². The first kappa shape index (κ1) is 14.3. The van der Waals surface area contributed by atoms with Gasteiger partial charge in [-0.05, 0) is 30.2 Å². The first-order chi connectivity index (χ1) is 10.8. The second kappa shape index (κ2) is 6.88. The predicted octanol–water partition coefficient (Wildman–Crippen LogP) is 3.77. The molecule has 0 bridgehead atoms. The first-order valence-electron chi connectivity index (χ1n) is 6.80. The maximum atomic E-state index is 6.11. The van der Waals surface area contributed by atoms with Crippen LogP contribution in [0.2, 0.25) is 5.02 Å². The molecule has 0 fully saturated rings. The Morgan fingerprint density at radius 3 is 2.77 bits per heavy atom. The van der Waals surface area contributed by atoms with E-state index in [2.05, 4.69) is 27.0 Å². The van der Waals surface area contributed by atoms with Gasteiger partial charge >= 0.3 is 0 Å². The van der Waals surface area contributed by atoms with Crippen molar-refractivity contribution in [3.63, 3.8) is 0 Å². The Labute approximate surface area is 133 Å². The highest BCUT2D eigenvalue weighted by Crippen LogP contribution is 2.24. The Hall–Kier alpha value is -2.64. The van der Waals surface area contributed by atoms with Crippen molar-refractivity contribution in [3.8, 4) is 23.2 Å². The molecule has 0 aliphatic carbocycles. The average Bonchev–Trinajstić information content (AvgIpc) is 3.02. The van der Waals surface area contributed by atoms with E-state index in [0.717, 1.165) is 11.3 Å². The van der Waals surface area contributed by atoms with Crippen LogP contribution in [0, 0.1) is 11.8 Å². The lowest BCUT2D eigenvalue weighted by Crippen LogP contribution is -1.86. The Kier molecular flexibility index (Phi) is 4.47. The third-order valence-electron chi connectivity index (χ3n) is 2.93. The predicted molar refractivity (Wildman–Crippen MR) is 84.2 cm³/mol. The number of pyridine rings is 1. The van der Waals surface area contributed by atoms with Crippen molar-refractivity contribution < 1.29 is 4.52 Å². The van der Waals surface area contributed by atoms with Gasteiger partial charge in [0, 0.05) is 24.6 Å². The van der Waals surface area contributed by atoms with E-state index in [-0.39, 0.29) is 0 Å². The van der Waals surface area contributed by atoms with Crippen molar-refractivity contribution in [1.82, 2.24) is 15.1 Å². The summed E-state index contributed by atoms with van der Waals surface area (Å²) in [6.45, 7) is 0. The minimum atomic E-state index is 0.498. The maximum absolute atomic E-state index is 6.11. The van der Waals surface area contributed by atoms with Crippen molar-refractivity contribution in [3.05, 3.63) is 65.3 Å². The summed E-state index contributed by atoms with van der Waals surface area (Å²) in [7, 11) is 0. The average molecular weight is 310 g/mol. The SMILES string of the molecule is Clc1ccccc1-c1noc(CCC#Cc2ccccn2)n1. The second-order valence-corrected chi connectivity index (χ2v) is 4.92. The fourth-order valence-corrected chi connectivity index (χ4v) is 2.09. The topological polar surface area (TPSA) is 51.8 Å². The van der Waals surface area contributed by atoms with Gasteiger partial charge in [-0.1, -0.05) is 40.9 Å². The van der Waals surface area contributed by atoms with Gasteiger partial charge in [-0.3, -0.25) is 0 Å². The lowest BCUT2D eigenvalue weighted by atomic mass is 10.2. The van der Waals surface area contributed by atoms with E-state index in [4.69, 9.17) is 16.1 Å². The fraction of sp³-hybridized carbons (Fsp3) is 0.118. The van der Waals surface area contributed by atoms with Crippen LogP contribution in [-0.2, 0) is 6.42 Å². The number of benzene rings is 1. The Morgan fingerprint density at radius 1 is 1.09 bits per heavy atom. The van der Waals surface area contributed by atoms with Crippen LogP contribution >= 0.6 is 11.6 Å². The molecule has 5 heteroatoms. The van der Waals surface area contributed by atoms with Crippen molar-refractivity contribution in [2.24, 2.45) is 0 Å². The smallest absolute Gasteiger partial charge is 0.227 e. The molecule has 0 saturated heterocycles. The summed E-state index contributed by atoms with van der Waals surface area (Å²) in [4.78, 5) is 8.48. The highest BCUT2D eigenvalue weighted by Gasteiger charge is 2.10. The molecule has 108 valence electrons. The van der Waals surface area contributed by atoms with Crippen LogP contribution < -0.4 is 0 Å². The van der Waals surface area contributed by atoms with Gasteiger partial charge in [0.1, 0.15) is 5.69 Å². The molecular weight excluding hydrogens is 298 g/mol. The molecule has 0 aliphatic rings. The Morgan fingerprint density at radius 2 is 1.95 bits per heavy atom. The normalized spacial score (nSPS) is 10.0. The number of aryl methyl sites for hydroxylation is 1. The molecule has 3 aromatic rings. The van der Waals surface area contributed by atoms with E-state index in [0.29, 0.717) is 29.6 Å². The van der Waals surface area contributed by atoms with Gasteiger partial charge in [0.05, 0.1) is 5.02 Å². The molecule has 2 aromatic heterocycles. The zero-order valence-corrected chi connectivity index (χ0v) is 12.4. The van der Waals surface area contributed by atoms with E-state index in [1.807, 2.05) is 36.4 Å². The quantitative estimate of drug-likeness (QED) is 0.691. The Bertz CT molecular complexity index is 818. The molecule has 3 rings (SSSR count). The summed E-state index contributed by atoms with van der Waals surface area (Å²) in [5.41, 5.74) is 1.52. The zero-order chi connectivity index (χ0) is 15.2. The fourth-order valence-electron chi connectivity index (χ4n) is 1.87. The van der Waals surface area contributed by atoms with Crippen LogP contribution in [0.4, 0.5) is 0 Å². The van der Waals surface area contributed by atoms with Crippen LogP contribution in [0.5, 0.6) is 0 Å². The monoisotopic (exact) mass is 309 g/mol. The lowest BCUT2D eigenvalue weighted by Gasteiger charge is -1.95. The molecule has 0 spiro atoms. The number of halogens is 1. The Balaban J connectivity index is 1.64. The third-order valence-corrected chi connectivity index (χ3v) is 3.26. The highest BCUT2D eigenvalue weighted by atomic mass is 35.5. The van der Waals surface area contributed by atoms with Crippen molar-refractivity contribution >= 4 is 11.6 Å². The molecule has 2 heterocycles. The minimum absolute atomic E-state index is 0.498. The summed E-state index contributed by atoms with van der Waals surface area (Å²) in [6, 6.07) is 13.0. The van der Waals surface area contributed by atoms with Gasteiger partial charge in [-0.25, -0.2) is 4.98 Å². The molecule has 4 nitrogen and oxygen atoms in total. The summed E-state index contributed by atoms with van der Waals surface area (Å²) in [5.74, 6) is 7.08. The number of rotatable bonds is 3. The zero-order valence-electron chi connectivity index (χ0n) is 11.7. The maximum Gasteiger partial charge on any atom is 0.227 e. The molecule has 0 aliphatic heterocycles. The van der Waals surface area contributed by atoms with E-state index < -0.39 is 0 Å². The molecular formula is C17H12ClN3O. The molecule has 0 saturated carbocycles. The van der Waals surface area contributed by atoms with Crippen molar-refractivity contribution in [1.29, 1.82) is 0 Å².